The summed E-state index contributed by atoms with van der Waals surface area (Å²) in [5, 5.41) is 13.8. The molecule has 2 aromatic heterocycles. The van der Waals surface area contributed by atoms with E-state index >= 15 is 0 Å². The molecule has 0 saturated heterocycles. The predicted molar refractivity (Wildman–Crippen MR) is 127 cm³/mol. The van der Waals surface area contributed by atoms with Gasteiger partial charge in [0.05, 0.1) is 17.4 Å². The van der Waals surface area contributed by atoms with Crippen molar-refractivity contribution in [3.8, 4) is 11.4 Å². The van der Waals surface area contributed by atoms with Crippen molar-refractivity contribution < 1.29 is 9.18 Å². The first kappa shape index (κ1) is 22.2. The Bertz CT molecular complexity index is 1160. The van der Waals surface area contributed by atoms with Crippen molar-refractivity contribution in [3.63, 3.8) is 0 Å². The maximum absolute atomic E-state index is 14.5. The third kappa shape index (κ3) is 5.44. The molecular formula is C24H23FN4OS2. The SMILES string of the molecule is CC(Sc1nnc(-c2ccccc2F)n1Cc1ccccc1)C(=O)NCCc1cccs1. The number of halogens is 1. The highest BCUT2D eigenvalue weighted by Crippen LogP contribution is 2.29. The largest absolute Gasteiger partial charge is 0.355 e. The van der Waals surface area contributed by atoms with Crippen LogP contribution >= 0.6 is 23.1 Å². The van der Waals surface area contributed by atoms with Crippen LogP contribution in [0.3, 0.4) is 0 Å². The number of rotatable bonds is 9. The number of nitrogens with zero attached hydrogens (tertiary/aromatic N) is 3. The molecule has 0 bridgehead atoms. The number of nitrogens with one attached hydrogen (secondary N) is 1. The van der Waals surface area contributed by atoms with Crippen LogP contribution in [-0.2, 0) is 17.8 Å². The first-order chi connectivity index (χ1) is 15.6. The number of benzene rings is 2. The number of thioether (sulfide) groups is 1. The van der Waals surface area contributed by atoms with Crippen molar-refractivity contribution in [1.82, 2.24) is 20.1 Å². The second kappa shape index (κ2) is 10.6. The lowest BCUT2D eigenvalue weighted by Crippen LogP contribution is -2.32. The number of thiophene rings is 1. The summed E-state index contributed by atoms with van der Waals surface area (Å²) in [4.78, 5) is 13.9. The molecule has 0 radical (unpaired) electrons. The Balaban J connectivity index is 1.52. The highest BCUT2D eigenvalue weighted by molar-refractivity contribution is 8.00. The van der Waals surface area contributed by atoms with Gasteiger partial charge in [-0.15, -0.1) is 21.5 Å². The molecule has 2 heterocycles. The number of carbonyl (C=O) groups is 1. The monoisotopic (exact) mass is 466 g/mol. The van der Waals surface area contributed by atoms with Gasteiger partial charge in [0.1, 0.15) is 5.82 Å². The van der Waals surface area contributed by atoms with Gasteiger partial charge in [0, 0.05) is 11.4 Å². The van der Waals surface area contributed by atoms with Gasteiger partial charge in [0.15, 0.2) is 11.0 Å². The Morgan fingerprint density at radius 1 is 1.09 bits per heavy atom. The minimum atomic E-state index is -0.370. The van der Waals surface area contributed by atoms with Gasteiger partial charge >= 0.3 is 0 Å². The van der Waals surface area contributed by atoms with Gasteiger partial charge in [-0.2, -0.15) is 0 Å². The average Bonchev–Trinajstić information content (AvgIpc) is 3.45. The first-order valence-electron chi connectivity index (χ1n) is 10.3. The fourth-order valence-electron chi connectivity index (χ4n) is 3.25. The van der Waals surface area contributed by atoms with Crippen molar-refractivity contribution in [1.29, 1.82) is 0 Å². The van der Waals surface area contributed by atoms with Gasteiger partial charge in [-0.3, -0.25) is 9.36 Å². The molecule has 1 amide bonds. The zero-order valence-electron chi connectivity index (χ0n) is 17.6. The standard InChI is InChI=1S/C24H23FN4OS2/c1-17(23(30)26-14-13-19-10-7-15-31-19)32-24-28-27-22(20-11-5-6-12-21(20)25)29(24)16-18-8-3-2-4-9-18/h2-12,15,17H,13-14,16H2,1H3,(H,26,30). The lowest BCUT2D eigenvalue weighted by Gasteiger charge is -2.14. The molecule has 0 aliphatic heterocycles. The molecule has 1 unspecified atom stereocenters. The van der Waals surface area contributed by atoms with E-state index in [0.717, 1.165) is 12.0 Å². The molecular weight excluding hydrogens is 443 g/mol. The highest BCUT2D eigenvalue weighted by atomic mass is 32.2. The normalized spacial score (nSPS) is 11.9. The summed E-state index contributed by atoms with van der Waals surface area (Å²) in [6.45, 7) is 2.91. The van der Waals surface area contributed by atoms with E-state index in [1.165, 1.54) is 22.7 Å². The van der Waals surface area contributed by atoms with Crippen LogP contribution < -0.4 is 5.32 Å². The molecule has 2 aromatic carbocycles. The Morgan fingerprint density at radius 3 is 2.62 bits per heavy atom. The fraction of sp³-hybridized carbons (Fsp3) is 0.208. The van der Waals surface area contributed by atoms with E-state index in [2.05, 4.69) is 21.6 Å². The Labute approximate surface area is 194 Å². The Morgan fingerprint density at radius 2 is 1.88 bits per heavy atom. The van der Waals surface area contributed by atoms with Crippen LogP contribution in [0.25, 0.3) is 11.4 Å². The second-order valence-electron chi connectivity index (χ2n) is 7.24. The fourth-order valence-corrected chi connectivity index (χ4v) is 4.83. The third-order valence-electron chi connectivity index (χ3n) is 4.92. The van der Waals surface area contributed by atoms with Gasteiger partial charge in [-0.25, -0.2) is 4.39 Å². The molecule has 0 saturated carbocycles. The molecule has 164 valence electrons. The summed E-state index contributed by atoms with van der Waals surface area (Å²) >= 11 is 3.01. The number of amides is 1. The summed E-state index contributed by atoms with van der Waals surface area (Å²) in [6, 6.07) is 20.5. The molecule has 5 nitrogen and oxygen atoms in total. The van der Waals surface area contributed by atoms with Crippen molar-refractivity contribution in [2.75, 3.05) is 6.54 Å². The van der Waals surface area contributed by atoms with E-state index in [1.54, 1.807) is 29.5 Å². The maximum Gasteiger partial charge on any atom is 0.233 e. The van der Waals surface area contributed by atoms with E-state index in [0.29, 0.717) is 29.6 Å². The van der Waals surface area contributed by atoms with Crippen molar-refractivity contribution >= 4 is 29.0 Å². The van der Waals surface area contributed by atoms with E-state index < -0.39 is 0 Å². The molecule has 1 N–H and O–H groups in total. The van der Waals surface area contributed by atoms with Gasteiger partial charge in [0.2, 0.25) is 5.91 Å². The lowest BCUT2D eigenvalue weighted by atomic mass is 10.2. The zero-order valence-corrected chi connectivity index (χ0v) is 19.2. The number of hydrogen-bond acceptors (Lipinski definition) is 5. The topological polar surface area (TPSA) is 59.8 Å². The summed E-state index contributed by atoms with van der Waals surface area (Å²) < 4.78 is 16.4. The number of aromatic nitrogens is 3. The van der Waals surface area contributed by atoms with Crippen LogP contribution in [-0.4, -0.2) is 32.5 Å². The van der Waals surface area contributed by atoms with Gasteiger partial charge in [-0.05, 0) is 42.5 Å². The molecule has 0 aliphatic carbocycles. The van der Waals surface area contributed by atoms with Crippen molar-refractivity contribution in [3.05, 3.63) is 88.4 Å². The molecule has 0 aliphatic rings. The number of hydrogen-bond donors (Lipinski definition) is 1. The third-order valence-corrected chi connectivity index (χ3v) is 6.93. The average molecular weight is 467 g/mol. The summed E-state index contributed by atoms with van der Waals surface area (Å²) in [6.07, 6.45) is 0.808. The van der Waals surface area contributed by atoms with E-state index in [9.17, 15) is 9.18 Å². The van der Waals surface area contributed by atoms with E-state index in [-0.39, 0.29) is 17.0 Å². The van der Waals surface area contributed by atoms with Crippen LogP contribution in [0.5, 0.6) is 0 Å². The van der Waals surface area contributed by atoms with Crippen LogP contribution in [0.4, 0.5) is 4.39 Å². The highest BCUT2D eigenvalue weighted by Gasteiger charge is 2.22. The molecule has 0 spiro atoms. The Hall–Kier alpha value is -2.97. The Kier molecular flexibility index (Phi) is 7.34. The predicted octanol–water partition coefficient (Wildman–Crippen LogP) is 5.03. The van der Waals surface area contributed by atoms with Gasteiger partial charge < -0.3 is 5.32 Å². The molecule has 1 atom stereocenters. The minimum Gasteiger partial charge on any atom is -0.355 e. The van der Waals surface area contributed by atoms with Crippen LogP contribution in [0.15, 0.2) is 77.3 Å². The van der Waals surface area contributed by atoms with Crippen LogP contribution in [0, 0.1) is 5.82 Å². The second-order valence-corrected chi connectivity index (χ2v) is 9.58. The zero-order chi connectivity index (χ0) is 22.3. The van der Waals surface area contributed by atoms with Crippen molar-refractivity contribution in [2.45, 2.75) is 30.3 Å². The molecule has 8 heteroatoms. The quantitative estimate of drug-likeness (QED) is 0.351. The minimum absolute atomic E-state index is 0.0618. The molecule has 4 aromatic rings. The summed E-state index contributed by atoms with van der Waals surface area (Å²) in [7, 11) is 0. The summed E-state index contributed by atoms with van der Waals surface area (Å²) in [5.41, 5.74) is 1.43. The van der Waals surface area contributed by atoms with Crippen LogP contribution in [0.1, 0.15) is 17.4 Å². The molecule has 32 heavy (non-hydrogen) atoms. The van der Waals surface area contributed by atoms with Crippen LogP contribution in [0.2, 0.25) is 0 Å². The van der Waals surface area contributed by atoms with Gasteiger partial charge in [0.25, 0.3) is 0 Å². The van der Waals surface area contributed by atoms with Gasteiger partial charge in [-0.1, -0.05) is 60.3 Å². The van der Waals surface area contributed by atoms with E-state index in [4.69, 9.17) is 0 Å². The maximum atomic E-state index is 14.5. The smallest absolute Gasteiger partial charge is 0.233 e. The number of carbonyl (C=O) groups excluding carboxylic acids is 1. The summed E-state index contributed by atoms with van der Waals surface area (Å²) in [5.74, 6) is 0.0261. The molecule has 0 fully saturated rings. The van der Waals surface area contributed by atoms with E-state index in [1.807, 2.05) is 53.3 Å². The first-order valence-corrected chi connectivity index (χ1v) is 12.1. The van der Waals surface area contributed by atoms with Crippen molar-refractivity contribution in [2.24, 2.45) is 0 Å². The molecule has 4 rings (SSSR count). The lowest BCUT2D eigenvalue weighted by molar-refractivity contribution is -0.120.